The normalized spacial score (nSPS) is 26.7. The molecule has 1 aliphatic carbocycles. The van der Waals surface area contributed by atoms with E-state index in [0.717, 1.165) is 4.90 Å². The molecule has 3 aromatic carbocycles. The number of benzene rings is 3. The maximum absolute atomic E-state index is 14.5. The van der Waals surface area contributed by atoms with Gasteiger partial charge < -0.3 is 9.84 Å². The fourth-order valence-electron chi connectivity index (χ4n) is 6.24. The number of para-hydroxylation sites is 1. The lowest BCUT2D eigenvalue weighted by Crippen LogP contribution is -2.62. The molecule has 0 radical (unpaired) electrons. The van der Waals surface area contributed by atoms with Crippen LogP contribution in [0.3, 0.4) is 0 Å². The number of ether oxygens (including phenoxy) is 1. The molecule has 38 heavy (non-hydrogen) atoms. The zero-order chi connectivity index (χ0) is 27.2. The third kappa shape index (κ3) is 3.96. The fraction of sp³-hybridized carbons (Fsp3) is 0.333. The van der Waals surface area contributed by atoms with Crippen LogP contribution in [-0.4, -0.2) is 39.8 Å². The molecule has 0 saturated heterocycles. The van der Waals surface area contributed by atoms with E-state index in [9.17, 15) is 24.8 Å². The maximum atomic E-state index is 14.5. The number of amides is 2. The Labute approximate surface area is 221 Å². The van der Waals surface area contributed by atoms with Crippen molar-refractivity contribution in [3.05, 3.63) is 112 Å². The minimum absolute atomic E-state index is 0.0266. The Morgan fingerprint density at radius 3 is 2.11 bits per heavy atom. The Morgan fingerprint density at radius 2 is 1.53 bits per heavy atom. The average Bonchev–Trinajstić information content (AvgIpc) is 3.14. The minimum Gasteiger partial charge on any atom is -0.443 e. The Morgan fingerprint density at radius 1 is 0.974 bits per heavy atom. The van der Waals surface area contributed by atoms with E-state index in [4.69, 9.17) is 4.74 Å². The number of nitrogens with zero attached hydrogens (tertiary/aromatic N) is 2. The van der Waals surface area contributed by atoms with Gasteiger partial charge in [0, 0.05) is 4.92 Å². The van der Waals surface area contributed by atoms with Crippen LogP contribution in [0.15, 0.2) is 84.9 Å². The summed E-state index contributed by atoms with van der Waals surface area (Å²) in [6.45, 7) is 5.09. The van der Waals surface area contributed by atoms with E-state index < -0.39 is 47.0 Å². The molecule has 1 saturated carbocycles. The van der Waals surface area contributed by atoms with Gasteiger partial charge in [0.2, 0.25) is 6.04 Å². The molecule has 3 aromatic rings. The van der Waals surface area contributed by atoms with Gasteiger partial charge in [-0.2, -0.15) is 0 Å². The molecule has 5 rings (SSSR count). The fourth-order valence-corrected chi connectivity index (χ4v) is 6.24. The highest BCUT2D eigenvalue weighted by molar-refractivity contribution is 6.22. The Balaban J connectivity index is 1.77. The number of aliphatic hydroxyl groups excluding tert-OH is 1. The highest BCUT2D eigenvalue weighted by atomic mass is 16.6. The minimum atomic E-state index is -1.77. The first-order chi connectivity index (χ1) is 18.1. The van der Waals surface area contributed by atoms with Crippen molar-refractivity contribution in [2.45, 2.75) is 62.2 Å². The van der Waals surface area contributed by atoms with E-state index in [-0.39, 0.29) is 17.0 Å². The number of imide groups is 1. The van der Waals surface area contributed by atoms with Crippen molar-refractivity contribution < 1.29 is 24.4 Å². The highest BCUT2D eigenvalue weighted by Crippen LogP contribution is 2.59. The molecule has 2 amide bonds. The number of hydrogen-bond donors (Lipinski definition) is 1. The summed E-state index contributed by atoms with van der Waals surface area (Å²) in [5.74, 6) is -2.44. The SMILES string of the molecule is CC(C)(C)OC(=O)N1C(=O)[C@]2(c3ccccc31)C(O)CC(c1ccccc1)C([N+](=O)[O-])C2c1ccccc1. The Hall–Kier alpha value is -4.04. The van der Waals surface area contributed by atoms with Crippen molar-refractivity contribution in [2.75, 3.05) is 4.90 Å². The summed E-state index contributed by atoms with van der Waals surface area (Å²) in [5, 5.41) is 24.8. The number of carbonyl (C=O) groups is 2. The lowest BCUT2D eigenvalue weighted by Gasteiger charge is -2.47. The quantitative estimate of drug-likeness (QED) is 0.381. The number of aliphatic hydroxyl groups is 1. The molecule has 1 heterocycles. The molecule has 0 bridgehead atoms. The van der Waals surface area contributed by atoms with Crippen molar-refractivity contribution >= 4 is 17.7 Å². The van der Waals surface area contributed by atoms with Crippen LogP contribution >= 0.6 is 0 Å². The first-order valence-electron chi connectivity index (χ1n) is 12.7. The van der Waals surface area contributed by atoms with Crippen molar-refractivity contribution in [2.24, 2.45) is 0 Å². The highest BCUT2D eigenvalue weighted by Gasteiger charge is 2.69. The predicted molar refractivity (Wildman–Crippen MR) is 142 cm³/mol. The van der Waals surface area contributed by atoms with Gasteiger partial charge in [0.25, 0.3) is 5.91 Å². The zero-order valence-electron chi connectivity index (χ0n) is 21.5. The number of nitro groups is 1. The van der Waals surface area contributed by atoms with Crippen LogP contribution in [0.4, 0.5) is 10.5 Å². The predicted octanol–water partition coefficient (Wildman–Crippen LogP) is 5.18. The van der Waals surface area contributed by atoms with Gasteiger partial charge in [-0.1, -0.05) is 78.9 Å². The Bertz CT molecular complexity index is 1370. The third-order valence-corrected chi connectivity index (χ3v) is 7.60. The first kappa shape index (κ1) is 25.6. The molecule has 8 heteroatoms. The van der Waals surface area contributed by atoms with Crippen molar-refractivity contribution in [1.29, 1.82) is 0 Å². The van der Waals surface area contributed by atoms with Crippen LogP contribution in [-0.2, 0) is 14.9 Å². The molecule has 0 aromatic heterocycles. The van der Waals surface area contributed by atoms with Gasteiger partial charge in [-0.05, 0) is 49.9 Å². The van der Waals surface area contributed by atoms with E-state index >= 15 is 0 Å². The Kier molecular flexibility index (Phi) is 6.31. The third-order valence-electron chi connectivity index (χ3n) is 7.60. The van der Waals surface area contributed by atoms with E-state index in [0.29, 0.717) is 16.7 Å². The second kappa shape index (κ2) is 9.36. The molecular formula is C30H30N2O6. The van der Waals surface area contributed by atoms with E-state index in [1.807, 2.05) is 18.2 Å². The van der Waals surface area contributed by atoms with Gasteiger partial charge in [-0.15, -0.1) is 0 Å². The summed E-state index contributed by atoms with van der Waals surface area (Å²) in [4.78, 5) is 41.4. The summed E-state index contributed by atoms with van der Waals surface area (Å²) >= 11 is 0. The second-order valence-corrected chi connectivity index (χ2v) is 10.9. The summed E-state index contributed by atoms with van der Waals surface area (Å²) in [6, 6.07) is 23.3. The molecule has 196 valence electrons. The first-order valence-corrected chi connectivity index (χ1v) is 12.7. The average molecular weight is 515 g/mol. The molecule has 1 N–H and O–H groups in total. The van der Waals surface area contributed by atoms with Crippen molar-refractivity contribution in [3.63, 3.8) is 0 Å². The molecule has 5 atom stereocenters. The van der Waals surface area contributed by atoms with Gasteiger partial charge in [0.15, 0.2) is 0 Å². The number of carbonyl (C=O) groups excluding carboxylic acids is 2. The maximum Gasteiger partial charge on any atom is 0.421 e. The van der Waals surface area contributed by atoms with Crippen LogP contribution in [0.1, 0.15) is 55.7 Å². The van der Waals surface area contributed by atoms with Gasteiger partial charge in [0.1, 0.15) is 11.0 Å². The lowest BCUT2D eigenvalue weighted by atomic mass is 9.54. The monoisotopic (exact) mass is 514 g/mol. The number of hydrogen-bond acceptors (Lipinski definition) is 6. The summed E-state index contributed by atoms with van der Waals surface area (Å²) in [7, 11) is 0. The van der Waals surface area contributed by atoms with Gasteiger partial charge in [-0.25, -0.2) is 9.69 Å². The van der Waals surface area contributed by atoms with Crippen LogP contribution in [0.2, 0.25) is 0 Å². The van der Waals surface area contributed by atoms with E-state index in [1.54, 1.807) is 87.5 Å². The van der Waals surface area contributed by atoms with Crippen LogP contribution in [0.5, 0.6) is 0 Å². The second-order valence-electron chi connectivity index (χ2n) is 10.9. The molecule has 2 aliphatic rings. The lowest BCUT2D eigenvalue weighted by molar-refractivity contribution is -0.537. The molecular weight excluding hydrogens is 484 g/mol. The summed E-state index contributed by atoms with van der Waals surface area (Å²) < 4.78 is 5.57. The summed E-state index contributed by atoms with van der Waals surface area (Å²) in [5.41, 5.74) is -0.733. The number of fused-ring (bicyclic) bond motifs is 2. The topological polar surface area (TPSA) is 110 Å². The standard InChI is InChI=1S/C30H30N2O6/c1-29(2,3)38-28(35)31-23-17-11-10-16-22(23)30(27(31)34)24(33)18-21(19-12-6-4-7-13-19)26(32(36)37)25(30)20-14-8-5-9-15-20/h4-17,21,24-26,33H,18H2,1-3H3/t21?,24?,25?,26?,30-/m1/s1. The largest absolute Gasteiger partial charge is 0.443 e. The van der Waals surface area contributed by atoms with E-state index in [1.165, 1.54) is 0 Å². The van der Waals surface area contributed by atoms with Gasteiger partial charge in [-0.3, -0.25) is 14.9 Å². The molecule has 1 spiro atoms. The molecule has 8 nitrogen and oxygen atoms in total. The summed E-state index contributed by atoms with van der Waals surface area (Å²) in [6.07, 6.45) is -2.22. The molecule has 1 aliphatic heterocycles. The van der Waals surface area contributed by atoms with Gasteiger partial charge in [0.05, 0.1) is 23.6 Å². The zero-order valence-corrected chi connectivity index (χ0v) is 21.5. The van der Waals surface area contributed by atoms with Crippen LogP contribution in [0.25, 0.3) is 0 Å². The van der Waals surface area contributed by atoms with Crippen molar-refractivity contribution in [1.82, 2.24) is 0 Å². The molecule has 4 unspecified atom stereocenters. The number of anilines is 1. The van der Waals surface area contributed by atoms with Gasteiger partial charge >= 0.3 is 6.09 Å². The van der Waals surface area contributed by atoms with Crippen LogP contribution < -0.4 is 4.90 Å². The number of rotatable bonds is 3. The smallest absolute Gasteiger partial charge is 0.421 e. The molecule has 1 fully saturated rings. The van der Waals surface area contributed by atoms with Crippen molar-refractivity contribution in [3.8, 4) is 0 Å². The van der Waals surface area contributed by atoms with Crippen LogP contribution in [0, 0.1) is 10.1 Å². The van der Waals surface area contributed by atoms with E-state index in [2.05, 4.69) is 0 Å².